The summed E-state index contributed by atoms with van der Waals surface area (Å²) in [4.78, 5) is 12.4. The SMILES string of the molecule is CNc1cc(Sc2ncccc2Br)nc(N)n1. The zero-order valence-electron chi connectivity index (χ0n) is 9.01. The molecule has 2 aromatic rings. The fourth-order valence-electron chi connectivity index (χ4n) is 1.17. The molecule has 2 heterocycles. The van der Waals surface area contributed by atoms with Crippen LogP contribution in [0.5, 0.6) is 0 Å². The number of nitrogens with one attached hydrogen (secondary N) is 1. The van der Waals surface area contributed by atoms with E-state index in [-0.39, 0.29) is 5.95 Å². The van der Waals surface area contributed by atoms with Gasteiger partial charge in [-0.05, 0) is 39.8 Å². The Labute approximate surface area is 111 Å². The number of anilines is 2. The molecule has 0 aliphatic carbocycles. The number of aromatic nitrogens is 3. The topological polar surface area (TPSA) is 76.7 Å². The number of rotatable bonds is 3. The molecule has 3 N–H and O–H groups in total. The Balaban J connectivity index is 2.30. The monoisotopic (exact) mass is 311 g/mol. The van der Waals surface area contributed by atoms with Crippen molar-refractivity contribution in [3.05, 3.63) is 28.9 Å². The molecule has 0 spiro atoms. The van der Waals surface area contributed by atoms with Gasteiger partial charge in [-0.15, -0.1) is 0 Å². The molecular weight excluding hydrogens is 302 g/mol. The lowest BCUT2D eigenvalue weighted by Gasteiger charge is -2.05. The van der Waals surface area contributed by atoms with Gasteiger partial charge in [-0.25, -0.2) is 9.97 Å². The zero-order valence-corrected chi connectivity index (χ0v) is 11.4. The van der Waals surface area contributed by atoms with Crippen molar-refractivity contribution in [1.82, 2.24) is 15.0 Å². The highest BCUT2D eigenvalue weighted by Crippen LogP contribution is 2.31. The fraction of sp³-hybridized carbons (Fsp3) is 0.100. The molecule has 7 heteroatoms. The van der Waals surface area contributed by atoms with Crippen LogP contribution in [0.25, 0.3) is 0 Å². The van der Waals surface area contributed by atoms with Gasteiger partial charge in [0.05, 0.1) is 4.47 Å². The quantitative estimate of drug-likeness (QED) is 0.848. The van der Waals surface area contributed by atoms with Crippen molar-refractivity contribution in [2.24, 2.45) is 0 Å². The number of hydrogen-bond donors (Lipinski definition) is 2. The van der Waals surface area contributed by atoms with Crippen LogP contribution in [0.1, 0.15) is 0 Å². The number of nitrogens with zero attached hydrogens (tertiary/aromatic N) is 3. The fourth-order valence-corrected chi connectivity index (χ4v) is 2.45. The lowest BCUT2D eigenvalue weighted by molar-refractivity contribution is 1.05. The van der Waals surface area contributed by atoms with Crippen LogP contribution in [-0.2, 0) is 0 Å². The summed E-state index contributed by atoms with van der Waals surface area (Å²) in [7, 11) is 1.78. The van der Waals surface area contributed by atoms with Gasteiger partial charge in [0.25, 0.3) is 0 Å². The lowest BCUT2D eigenvalue weighted by Crippen LogP contribution is -2.00. The molecule has 0 aliphatic heterocycles. The molecule has 0 fully saturated rings. The predicted octanol–water partition coefficient (Wildman–Crippen LogP) is 2.41. The first-order valence-electron chi connectivity index (χ1n) is 4.79. The van der Waals surface area contributed by atoms with E-state index in [1.807, 2.05) is 18.2 Å². The first kappa shape index (κ1) is 12.1. The van der Waals surface area contributed by atoms with E-state index in [1.165, 1.54) is 11.8 Å². The van der Waals surface area contributed by atoms with E-state index in [0.29, 0.717) is 5.82 Å². The molecule has 0 atom stereocenters. The van der Waals surface area contributed by atoms with E-state index in [0.717, 1.165) is 14.5 Å². The van der Waals surface area contributed by atoms with Crippen molar-refractivity contribution >= 4 is 39.5 Å². The van der Waals surface area contributed by atoms with Gasteiger partial charge >= 0.3 is 0 Å². The minimum atomic E-state index is 0.242. The molecule has 5 nitrogen and oxygen atoms in total. The van der Waals surface area contributed by atoms with Gasteiger partial charge in [0.2, 0.25) is 5.95 Å². The smallest absolute Gasteiger partial charge is 0.223 e. The molecule has 2 aromatic heterocycles. The maximum Gasteiger partial charge on any atom is 0.223 e. The van der Waals surface area contributed by atoms with Crippen LogP contribution in [0.2, 0.25) is 0 Å². The van der Waals surface area contributed by atoms with E-state index >= 15 is 0 Å². The number of pyridine rings is 1. The molecule has 0 unspecified atom stereocenters. The summed E-state index contributed by atoms with van der Waals surface area (Å²) in [6.07, 6.45) is 1.73. The summed E-state index contributed by atoms with van der Waals surface area (Å²) in [6.45, 7) is 0. The third-order valence-electron chi connectivity index (χ3n) is 1.90. The van der Waals surface area contributed by atoms with E-state index in [2.05, 4.69) is 36.2 Å². The molecular formula is C10H10BrN5S. The third-order valence-corrected chi connectivity index (χ3v) is 3.74. The van der Waals surface area contributed by atoms with Crippen LogP contribution in [0.3, 0.4) is 0 Å². The Morgan fingerprint density at radius 1 is 1.41 bits per heavy atom. The third kappa shape index (κ3) is 3.07. The minimum absolute atomic E-state index is 0.242. The lowest BCUT2D eigenvalue weighted by atomic mass is 10.5. The van der Waals surface area contributed by atoms with E-state index in [9.17, 15) is 0 Å². The maximum atomic E-state index is 5.62. The van der Waals surface area contributed by atoms with Crippen LogP contribution in [0, 0.1) is 0 Å². The first-order chi connectivity index (χ1) is 8.19. The second kappa shape index (κ2) is 5.33. The van der Waals surface area contributed by atoms with Gasteiger partial charge in [-0.2, -0.15) is 4.98 Å². The van der Waals surface area contributed by atoms with Crippen molar-refractivity contribution < 1.29 is 0 Å². The molecule has 0 radical (unpaired) electrons. The molecule has 88 valence electrons. The number of halogens is 1. The Kier molecular flexibility index (Phi) is 3.80. The van der Waals surface area contributed by atoms with Gasteiger partial charge in [0, 0.05) is 19.3 Å². The van der Waals surface area contributed by atoms with Crippen LogP contribution in [0.4, 0.5) is 11.8 Å². The Morgan fingerprint density at radius 3 is 2.94 bits per heavy atom. The van der Waals surface area contributed by atoms with E-state index in [1.54, 1.807) is 13.2 Å². The normalized spacial score (nSPS) is 10.2. The van der Waals surface area contributed by atoms with Crippen LogP contribution >= 0.6 is 27.7 Å². The highest BCUT2D eigenvalue weighted by Gasteiger charge is 2.07. The molecule has 0 saturated heterocycles. The Hall–Kier alpha value is -1.34. The molecule has 0 aromatic carbocycles. The molecule has 2 rings (SSSR count). The summed E-state index contributed by atoms with van der Waals surface area (Å²) in [6, 6.07) is 5.61. The van der Waals surface area contributed by atoms with Crippen molar-refractivity contribution in [3.63, 3.8) is 0 Å². The average molecular weight is 312 g/mol. The number of hydrogen-bond acceptors (Lipinski definition) is 6. The second-order valence-corrected chi connectivity index (χ2v) is 4.96. The first-order valence-corrected chi connectivity index (χ1v) is 6.40. The van der Waals surface area contributed by atoms with Crippen molar-refractivity contribution in [2.75, 3.05) is 18.1 Å². The second-order valence-electron chi connectivity index (χ2n) is 3.09. The van der Waals surface area contributed by atoms with Crippen LogP contribution in [0.15, 0.2) is 38.9 Å². The highest BCUT2D eigenvalue weighted by atomic mass is 79.9. The molecule has 0 amide bonds. The van der Waals surface area contributed by atoms with Gasteiger partial charge in [-0.1, -0.05) is 0 Å². The summed E-state index contributed by atoms with van der Waals surface area (Å²) in [5.41, 5.74) is 5.62. The highest BCUT2D eigenvalue weighted by molar-refractivity contribution is 9.10. The van der Waals surface area contributed by atoms with Crippen molar-refractivity contribution in [3.8, 4) is 0 Å². The summed E-state index contributed by atoms with van der Waals surface area (Å²) in [5.74, 6) is 0.929. The van der Waals surface area contributed by atoms with Gasteiger partial charge < -0.3 is 11.1 Å². The molecule has 0 aliphatic rings. The minimum Gasteiger partial charge on any atom is -0.373 e. The molecule has 0 saturated carbocycles. The van der Waals surface area contributed by atoms with Crippen LogP contribution in [-0.4, -0.2) is 22.0 Å². The van der Waals surface area contributed by atoms with Crippen LogP contribution < -0.4 is 11.1 Å². The molecule has 17 heavy (non-hydrogen) atoms. The number of nitrogen functional groups attached to an aromatic ring is 1. The predicted molar refractivity (Wildman–Crippen MR) is 72.1 cm³/mol. The Bertz CT molecular complexity index is 534. The summed E-state index contributed by atoms with van der Waals surface area (Å²) < 4.78 is 0.924. The molecule has 0 bridgehead atoms. The van der Waals surface area contributed by atoms with Gasteiger partial charge in [0.15, 0.2) is 0 Å². The summed E-state index contributed by atoms with van der Waals surface area (Å²) >= 11 is 4.86. The largest absolute Gasteiger partial charge is 0.373 e. The van der Waals surface area contributed by atoms with Crippen molar-refractivity contribution in [2.45, 2.75) is 10.1 Å². The maximum absolute atomic E-state index is 5.62. The number of nitrogens with two attached hydrogens (primary N) is 1. The zero-order chi connectivity index (χ0) is 12.3. The van der Waals surface area contributed by atoms with Crippen molar-refractivity contribution in [1.29, 1.82) is 0 Å². The Morgan fingerprint density at radius 2 is 2.24 bits per heavy atom. The standard InChI is InChI=1S/C10H10BrN5S/c1-13-7-5-8(16-10(12)15-7)17-9-6(11)3-2-4-14-9/h2-5H,1H3,(H3,12,13,15,16). The van der Waals surface area contributed by atoms with E-state index < -0.39 is 0 Å². The van der Waals surface area contributed by atoms with E-state index in [4.69, 9.17) is 5.73 Å². The average Bonchev–Trinajstić information content (AvgIpc) is 2.31. The van der Waals surface area contributed by atoms with Gasteiger partial charge in [-0.3, -0.25) is 0 Å². The summed E-state index contributed by atoms with van der Waals surface area (Å²) in [5, 5.41) is 4.52. The van der Waals surface area contributed by atoms with Gasteiger partial charge in [0.1, 0.15) is 15.9 Å².